The zero-order chi connectivity index (χ0) is 13.6. The number of rotatable bonds is 6. The minimum atomic E-state index is -0.729. The molecule has 0 radical (unpaired) electrons. The van der Waals surface area contributed by atoms with Crippen LogP contribution in [0.4, 0.5) is 0 Å². The molecular formula is C13H18N2O3. The Labute approximate surface area is 107 Å². The van der Waals surface area contributed by atoms with Crippen LogP contribution in [0.15, 0.2) is 18.2 Å². The zero-order valence-corrected chi connectivity index (χ0v) is 10.6. The van der Waals surface area contributed by atoms with Crippen molar-refractivity contribution in [3.8, 4) is 11.8 Å². The highest BCUT2D eigenvalue weighted by Crippen LogP contribution is 2.19. The summed E-state index contributed by atoms with van der Waals surface area (Å²) in [6.45, 7) is 1.85. The van der Waals surface area contributed by atoms with Gasteiger partial charge in [0.1, 0.15) is 11.8 Å². The highest BCUT2D eigenvalue weighted by molar-refractivity contribution is 5.45. The Balaban J connectivity index is 2.78. The summed E-state index contributed by atoms with van der Waals surface area (Å²) >= 11 is 0. The maximum Gasteiger partial charge on any atom is 0.136 e. The molecule has 0 saturated carbocycles. The standard InChI is InChI=1S/C13H18N2O3/c1-13(8-16,9-17)15-7-10-3-4-12(18-2)11(5-10)6-14/h3-5,15-17H,7-9H2,1-2H3. The highest BCUT2D eigenvalue weighted by Gasteiger charge is 2.21. The van der Waals surface area contributed by atoms with E-state index in [1.54, 1.807) is 19.1 Å². The van der Waals surface area contributed by atoms with Gasteiger partial charge >= 0.3 is 0 Å². The van der Waals surface area contributed by atoms with E-state index in [0.29, 0.717) is 17.9 Å². The summed E-state index contributed by atoms with van der Waals surface area (Å²) in [6.07, 6.45) is 0. The number of ether oxygens (including phenoxy) is 1. The first-order chi connectivity index (χ1) is 8.58. The number of nitriles is 1. The van der Waals surface area contributed by atoms with E-state index in [-0.39, 0.29) is 13.2 Å². The molecular weight excluding hydrogens is 232 g/mol. The third-order valence-electron chi connectivity index (χ3n) is 2.80. The average Bonchev–Trinajstić information content (AvgIpc) is 2.44. The van der Waals surface area contributed by atoms with Crippen molar-refractivity contribution in [3.63, 3.8) is 0 Å². The molecule has 0 bridgehead atoms. The largest absolute Gasteiger partial charge is 0.495 e. The van der Waals surface area contributed by atoms with E-state index in [9.17, 15) is 0 Å². The van der Waals surface area contributed by atoms with Crippen LogP contribution in [0.2, 0.25) is 0 Å². The molecule has 5 nitrogen and oxygen atoms in total. The number of methoxy groups -OCH3 is 1. The summed E-state index contributed by atoms with van der Waals surface area (Å²) in [7, 11) is 1.52. The molecule has 1 aromatic rings. The fraction of sp³-hybridized carbons (Fsp3) is 0.462. The van der Waals surface area contributed by atoms with Gasteiger partial charge in [0.05, 0.1) is 31.4 Å². The molecule has 98 valence electrons. The first kappa shape index (κ1) is 14.5. The molecule has 3 N–H and O–H groups in total. The molecule has 0 aliphatic rings. The zero-order valence-electron chi connectivity index (χ0n) is 10.6. The van der Waals surface area contributed by atoms with Gasteiger partial charge < -0.3 is 20.3 Å². The lowest BCUT2D eigenvalue weighted by Crippen LogP contribution is -2.48. The topological polar surface area (TPSA) is 85.5 Å². The Morgan fingerprint density at radius 2 is 2.06 bits per heavy atom. The quantitative estimate of drug-likeness (QED) is 0.680. The predicted molar refractivity (Wildman–Crippen MR) is 67.1 cm³/mol. The van der Waals surface area contributed by atoms with Crippen LogP contribution >= 0.6 is 0 Å². The molecule has 0 aliphatic carbocycles. The Bertz CT molecular complexity index is 436. The third kappa shape index (κ3) is 3.44. The van der Waals surface area contributed by atoms with Gasteiger partial charge in [-0.1, -0.05) is 6.07 Å². The summed E-state index contributed by atoms with van der Waals surface area (Å²) in [4.78, 5) is 0. The molecule has 1 aromatic carbocycles. The lowest BCUT2D eigenvalue weighted by Gasteiger charge is -2.26. The predicted octanol–water partition coefficient (Wildman–Crippen LogP) is 0.400. The second kappa shape index (κ2) is 6.36. The molecule has 18 heavy (non-hydrogen) atoms. The minimum absolute atomic E-state index is 0.162. The molecule has 0 amide bonds. The molecule has 5 heteroatoms. The van der Waals surface area contributed by atoms with E-state index in [0.717, 1.165) is 5.56 Å². The lowest BCUT2D eigenvalue weighted by atomic mass is 10.0. The van der Waals surface area contributed by atoms with Crippen LogP contribution in [0.5, 0.6) is 5.75 Å². The van der Waals surface area contributed by atoms with Crippen molar-refractivity contribution in [3.05, 3.63) is 29.3 Å². The van der Waals surface area contributed by atoms with E-state index in [2.05, 4.69) is 11.4 Å². The van der Waals surface area contributed by atoms with Crippen LogP contribution in [-0.4, -0.2) is 36.1 Å². The van der Waals surface area contributed by atoms with Crippen LogP contribution in [0, 0.1) is 11.3 Å². The first-order valence-corrected chi connectivity index (χ1v) is 5.62. The summed E-state index contributed by atoms with van der Waals surface area (Å²) < 4.78 is 5.06. The number of aliphatic hydroxyl groups is 2. The van der Waals surface area contributed by atoms with Crippen molar-refractivity contribution in [2.75, 3.05) is 20.3 Å². The van der Waals surface area contributed by atoms with Crippen molar-refractivity contribution in [1.29, 1.82) is 5.26 Å². The molecule has 0 aliphatic heterocycles. The Hall–Kier alpha value is -1.61. The van der Waals surface area contributed by atoms with Crippen molar-refractivity contribution in [1.82, 2.24) is 5.32 Å². The number of hydrogen-bond donors (Lipinski definition) is 3. The second-order valence-electron chi connectivity index (χ2n) is 4.38. The maximum absolute atomic E-state index is 9.15. The van der Waals surface area contributed by atoms with Crippen LogP contribution in [0.1, 0.15) is 18.1 Å². The number of nitrogens with zero attached hydrogens (tertiary/aromatic N) is 1. The van der Waals surface area contributed by atoms with Gasteiger partial charge in [-0.3, -0.25) is 0 Å². The molecule has 0 saturated heterocycles. The third-order valence-corrected chi connectivity index (χ3v) is 2.80. The fourth-order valence-electron chi connectivity index (χ4n) is 1.43. The van der Waals surface area contributed by atoms with Crippen molar-refractivity contribution in [2.45, 2.75) is 19.0 Å². The number of nitrogens with one attached hydrogen (secondary N) is 1. The van der Waals surface area contributed by atoms with Gasteiger partial charge in [0.25, 0.3) is 0 Å². The van der Waals surface area contributed by atoms with Gasteiger partial charge in [-0.2, -0.15) is 5.26 Å². The normalized spacial score (nSPS) is 11.1. The summed E-state index contributed by atoms with van der Waals surface area (Å²) in [5.74, 6) is 0.535. The van der Waals surface area contributed by atoms with Crippen LogP contribution in [0.25, 0.3) is 0 Å². The molecule has 0 atom stereocenters. The monoisotopic (exact) mass is 250 g/mol. The van der Waals surface area contributed by atoms with E-state index in [1.807, 2.05) is 6.07 Å². The van der Waals surface area contributed by atoms with Gasteiger partial charge in [-0.25, -0.2) is 0 Å². The van der Waals surface area contributed by atoms with E-state index >= 15 is 0 Å². The van der Waals surface area contributed by atoms with E-state index in [1.165, 1.54) is 7.11 Å². The fourth-order valence-corrected chi connectivity index (χ4v) is 1.43. The Morgan fingerprint density at radius 3 is 2.56 bits per heavy atom. The Morgan fingerprint density at radius 1 is 1.39 bits per heavy atom. The molecule has 0 aromatic heterocycles. The lowest BCUT2D eigenvalue weighted by molar-refractivity contribution is 0.103. The molecule has 0 heterocycles. The smallest absolute Gasteiger partial charge is 0.136 e. The van der Waals surface area contributed by atoms with Gasteiger partial charge in [0.15, 0.2) is 0 Å². The SMILES string of the molecule is COc1ccc(CNC(C)(CO)CO)cc1C#N. The average molecular weight is 250 g/mol. The molecule has 0 unspecified atom stereocenters. The van der Waals surface area contributed by atoms with Gasteiger partial charge in [-0.05, 0) is 24.6 Å². The maximum atomic E-state index is 9.15. The molecule has 1 rings (SSSR count). The number of benzene rings is 1. The molecule has 0 spiro atoms. The molecule has 0 fully saturated rings. The first-order valence-electron chi connectivity index (χ1n) is 5.62. The number of hydrogen-bond acceptors (Lipinski definition) is 5. The van der Waals surface area contributed by atoms with Crippen LogP contribution in [0.3, 0.4) is 0 Å². The van der Waals surface area contributed by atoms with Gasteiger partial charge in [0, 0.05) is 6.54 Å². The second-order valence-corrected chi connectivity index (χ2v) is 4.38. The van der Waals surface area contributed by atoms with Crippen molar-refractivity contribution < 1.29 is 14.9 Å². The van der Waals surface area contributed by atoms with Crippen LogP contribution in [-0.2, 0) is 6.54 Å². The summed E-state index contributed by atoms with van der Waals surface area (Å²) in [6, 6.07) is 7.35. The van der Waals surface area contributed by atoms with E-state index in [4.69, 9.17) is 20.2 Å². The summed E-state index contributed by atoms with van der Waals surface area (Å²) in [5.41, 5.74) is 0.624. The van der Waals surface area contributed by atoms with Crippen molar-refractivity contribution >= 4 is 0 Å². The Kier molecular flexibility index (Phi) is 5.10. The highest BCUT2D eigenvalue weighted by atomic mass is 16.5. The van der Waals surface area contributed by atoms with Crippen molar-refractivity contribution in [2.24, 2.45) is 0 Å². The van der Waals surface area contributed by atoms with Gasteiger partial charge in [0.2, 0.25) is 0 Å². The van der Waals surface area contributed by atoms with Gasteiger partial charge in [-0.15, -0.1) is 0 Å². The summed E-state index contributed by atoms with van der Waals surface area (Å²) in [5, 5.41) is 30.3. The minimum Gasteiger partial charge on any atom is -0.495 e. The van der Waals surface area contributed by atoms with Crippen LogP contribution < -0.4 is 10.1 Å². The number of aliphatic hydroxyl groups excluding tert-OH is 2. The van der Waals surface area contributed by atoms with E-state index < -0.39 is 5.54 Å².